The molecule has 1 aromatic carbocycles. The minimum absolute atomic E-state index is 0.299. The first-order valence-electron chi connectivity index (χ1n) is 7.51. The van der Waals surface area contributed by atoms with Crippen LogP contribution in [0, 0.1) is 6.92 Å². The number of rotatable bonds is 3. The Kier molecular flexibility index (Phi) is 3.75. The predicted octanol–water partition coefficient (Wildman–Crippen LogP) is 2.85. The van der Waals surface area contributed by atoms with E-state index in [1.807, 2.05) is 18.2 Å². The Hall–Kier alpha value is -2.03. The van der Waals surface area contributed by atoms with Gasteiger partial charge in [0.15, 0.2) is 0 Å². The second-order valence-electron chi connectivity index (χ2n) is 5.60. The van der Waals surface area contributed by atoms with Crippen LogP contribution in [0.1, 0.15) is 17.0 Å². The average Bonchev–Trinajstić information content (AvgIpc) is 3.23. The summed E-state index contributed by atoms with van der Waals surface area (Å²) in [5.74, 6) is 0.804. The van der Waals surface area contributed by atoms with Gasteiger partial charge in [-0.15, -0.1) is 21.5 Å². The summed E-state index contributed by atoms with van der Waals surface area (Å²) in [5.41, 5.74) is 2.29. The van der Waals surface area contributed by atoms with Gasteiger partial charge in [-0.2, -0.15) is 4.31 Å². The van der Waals surface area contributed by atoms with Crippen molar-refractivity contribution < 1.29 is 12.8 Å². The van der Waals surface area contributed by atoms with Crippen molar-refractivity contribution in [3.05, 3.63) is 53.4 Å². The summed E-state index contributed by atoms with van der Waals surface area (Å²) in [6.45, 7) is 2.60. The van der Waals surface area contributed by atoms with Gasteiger partial charge in [-0.3, -0.25) is 0 Å². The summed E-state index contributed by atoms with van der Waals surface area (Å²) in [4.78, 5) is 0.659. The minimum atomic E-state index is -3.52. The Labute approximate surface area is 143 Å². The lowest BCUT2D eigenvalue weighted by Crippen LogP contribution is -2.35. The van der Waals surface area contributed by atoms with Gasteiger partial charge in [0.25, 0.3) is 15.9 Å². The van der Waals surface area contributed by atoms with Gasteiger partial charge in [0.05, 0.1) is 4.88 Å². The van der Waals surface area contributed by atoms with Gasteiger partial charge in [0, 0.05) is 20.0 Å². The molecule has 0 amide bonds. The highest BCUT2D eigenvalue weighted by Gasteiger charge is 2.30. The maximum absolute atomic E-state index is 12.9. The van der Waals surface area contributed by atoms with E-state index in [1.165, 1.54) is 9.87 Å². The second-order valence-corrected chi connectivity index (χ2v) is 8.85. The fourth-order valence-electron chi connectivity index (χ4n) is 2.77. The first-order chi connectivity index (χ1) is 11.5. The fourth-order valence-corrected chi connectivity index (χ4v) is 5.57. The molecular weight excluding hydrogens is 346 g/mol. The van der Waals surface area contributed by atoms with Crippen molar-refractivity contribution in [2.24, 2.45) is 0 Å². The van der Waals surface area contributed by atoms with E-state index >= 15 is 0 Å². The van der Waals surface area contributed by atoms with Crippen molar-refractivity contribution in [2.75, 3.05) is 6.54 Å². The molecule has 0 unspecified atom stereocenters. The summed E-state index contributed by atoms with van der Waals surface area (Å²) < 4.78 is 33.0. The van der Waals surface area contributed by atoms with Gasteiger partial charge in [0.2, 0.25) is 5.89 Å². The minimum Gasteiger partial charge on any atom is -0.420 e. The average molecular weight is 361 g/mol. The molecule has 0 bridgehead atoms. The normalized spacial score (nSPS) is 15.4. The molecule has 0 N–H and O–H groups in total. The number of sulfonamides is 1. The second kappa shape index (κ2) is 5.80. The topological polar surface area (TPSA) is 76.3 Å². The van der Waals surface area contributed by atoms with Crippen molar-refractivity contribution in [1.82, 2.24) is 14.5 Å². The lowest BCUT2D eigenvalue weighted by Gasteiger charge is -2.27. The third kappa shape index (κ3) is 2.66. The molecule has 0 spiro atoms. The van der Waals surface area contributed by atoms with Gasteiger partial charge in [-0.1, -0.05) is 24.3 Å². The number of hydrogen-bond acceptors (Lipinski definition) is 6. The van der Waals surface area contributed by atoms with Crippen LogP contribution >= 0.6 is 11.3 Å². The van der Waals surface area contributed by atoms with E-state index in [0.29, 0.717) is 34.0 Å². The third-order valence-electron chi connectivity index (χ3n) is 4.01. The van der Waals surface area contributed by atoms with Crippen LogP contribution in [-0.2, 0) is 23.0 Å². The highest BCUT2D eigenvalue weighted by atomic mass is 32.2. The third-order valence-corrected chi connectivity index (χ3v) is 7.39. The molecule has 3 aromatic rings. The van der Waals surface area contributed by atoms with Crippen molar-refractivity contribution in [3.63, 3.8) is 0 Å². The summed E-state index contributed by atoms with van der Waals surface area (Å²) in [7, 11) is -3.52. The number of aromatic nitrogens is 2. The smallest absolute Gasteiger partial charge is 0.257 e. The number of fused-ring (bicyclic) bond motifs is 1. The first-order valence-corrected chi connectivity index (χ1v) is 9.77. The molecule has 124 valence electrons. The van der Waals surface area contributed by atoms with Crippen molar-refractivity contribution in [3.8, 4) is 10.8 Å². The predicted molar refractivity (Wildman–Crippen MR) is 90.1 cm³/mol. The number of nitrogens with zero attached hydrogens (tertiary/aromatic N) is 3. The molecule has 0 radical (unpaired) electrons. The van der Waals surface area contributed by atoms with E-state index in [4.69, 9.17) is 4.42 Å². The van der Waals surface area contributed by atoms with Crippen molar-refractivity contribution in [2.45, 2.75) is 24.1 Å². The van der Waals surface area contributed by atoms with Gasteiger partial charge >= 0.3 is 0 Å². The first kappa shape index (κ1) is 15.5. The number of aryl methyl sites for hydroxylation is 1. The zero-order chi connectivity index (χ0) is 16.7. The van der Waals surface area contributed by atoms with E-state index in [-0.39, 0.29) is 0 Å². The van der Waals surface area contributed by atoms with E-state index in [9.17, 15) is 8.42 Å². The molecular formula is C16H15N3O3S2. The molecule has 1 aliphatic rings. The largest absolute Gasteiger partial charge is 0.420 e. The van der Waals surface area contributed by atoms with Gasteiger partial charge < -0.3 is 4.42 Å². The summed E-state index contributed by atoms with van der Waals surface area (Å²) >= 11 is 1.16. The van der Waals surface area contributed by atoms with Crippen LogP contribution in [0.2, 0.25) is 0 Å². The van der Waals surface area contributed by atoms with Crippen molar-refractivity contribution >= 4 is 21.4 Å². The molecule has 24 heavy (non-hydrogen) atoms. The zero-order valence-corrected chi connectivity index (χ0v) is 14.6. The summed E-state index contributed by atoms with van der Waals surface area (Å²) in [5, 5.41) is 7.72. The molecule has 0 fully saturated rings. The highest BCUT2D eigenvalue weighted by molar-refractivity contribution is 7.91. The Balaban J connectivity index is 1.63. The Bertz CT molecular complexity index is 991. The maximum atomic E-state index is 12.9. The Morgan fingerprint density at radius 1 is 1.12 bits per heavy atom. The van der Waals surface area contributed by atoms with Gasteiger partial charge in [-0.25, -0.2) is 8.42 Å². The molecule has 0 saturated heterocycles. The van der Waals surface area contributed by atoms with Crippen LogP contribution in [0.3, 0.4) is 0 Å². The van der Waals surface area contributed by atoms with Crippen LogP contribution in [0.15, 0.2) is 45.0 Å². The van der Waals surface area contributed by atoms with E-state index in [1.54, 1.807) is 19.1 Å². The molecule has 4 rings (SSSR count). The Morgan fingerprint density at radius 3 is 2.67 bits per heavy atom. The molecule has 2 aromatic heterocycles. The van der Waals surface area contributed by atoms with Crippen molar-refractivity contribution in [1.29, 1.82) is 0 Å². The van der Waals surface area contributed by atoms with Gasteiger partial charge in [0.1, 0.15) is 4.21 Å². The Morgan fingerprint density at radius 2 is 1.92 bits per heavy atom. The highest BCUT2D eigenvalue weighted by Crippen LogP contribution is 2.33. The quantitative estimate of drug-likeness (QED) is 0.717. The number of benzene rings is 1. The monoisotopic (exact) mass is 361 g/mol. The standard InChI is InChI=1S/C16H15N3O3S2/c1-11-17-18-16(22-11)14-6-7-15(23-14)24(20,21)19-9-8-12-4-2-3-5-13(12)10-19/h2-7H,8-10H2,1H3. The maximum Gasteiger partial charge on any atom is 0.257 e. The van der Waals surface area contributed by atoms with Gasteiger partial charge in [-0.05, 0) is 29.7 Å². The summed E-state index contributed by atoms with van der Waals surface area (Å²) in [6, 6.07) is 11.3. The van der Waals surface area contributed by atoms with Crippen LogP contribution in [0.4, 0.5) is 0 Å². The lowest BCUT2D eigenvalue weighted by atomic mass is 10.0. The molecule has 0 aliphatic carbocycles. The molecule has 3 heterocycles. The van der Waals surface area contributed by atoms with Crippen LogP contribution in [0.25, 0.3) is 10.8 Å². The molecule has 0 saturated carbocycles. The van der Waals surface area contributed by atoms with Crippen LogP contribution in [-0.4, -0.2) is 29.5 Å². The van der Waals surface area contributed by atoms with Crippen LogP contribution < -0.4 is 0 Å². The fraction of sp³-hybridized carbons (Fsp3) is 0.250. The number of hydrogen-bond donors (Lipinski definition) is 0. The van der Waals surface area contributed by atoms with E-state index < -0.39 is 10.0 Å². The van der Waals surface area contributed by atoms with Crippen LogP contribution in [0.5, 0.6) is 0 Å². The number of thiophene rings is 1. The van der Waals surface area contributed by atoms with E-state index in [2.05, 4.69) is 16.3 Å². The zero-order valence-electron chi connectivity index (χ0n) is 13.0. The molecule has 8 heteroatoms. The SMILES string of the molecule is Cc1nnc(-c2ccc(S(=O)(=O)N3CCc4ccccc4C3)s2)o1. The summed E-state index contributed by atoms with van der Waals surface area (Å²) in [6.07, 6.45) is 0.733. The van der Waals surface area contributed by atoms with E-state index in [0.717, 1.165) is 23.3 Å². The molecule has 1 aliphatic heterocycles. The molecule has 0 atom stereocenters. The lowest BCUT2D eigenvalue weighted by molar-refractivity contribution is 0.392. The molecule has 6 nitrogen and oxygen atoms in total.